The number of H-pyrrole nitrogens is 1. The van der Waals surface area contributed by atoms with Crippen molar-refractivity contribution >= 4 is 142 Å². The number of para-hydroxylation sites is 1. The number of benzene rings is 2. The largest absolute Gasteiger partial charge is 0.494 e. The molecule has 20 N–H and O–H groups in total. The number of likely N-dealkylation sites (N-methyl/N-ethyl adjacent to an activating group) is 1. The van der Waals surface area contributed by atoms with Gasteiger partial charge in [-0.2, -0.15) is 35.3 Å². The van der Waals surface area contributed by atoms with Crippen molar-refractivity contribution < 1.29 is 86.9 Å². The van der Waals surface area contributed by atoms with E-state index in [4.69, 9.17) is 32.2 Å². The monoisotopic (exact) mass is 1570 g/mol. The summed E-state index contributed by atoms with van der Waals surface area (Å²) < 4.78 is 6.25. The highest BCUT2D eigenvalue weighted by atomic mass is 32.2. The number of aliphatic carboxylic acids is 2. The molecular formula is C70H103N17O18S3. The highest BCUT2D eigenvalue weighted by Gasteiger charge is 2.41. The summed E-state index contributed by atoms with van der Waals surface area (Å²) in [6.07, 6.45) is 5.24. The summed E-state index contributed by atoms with van der Waals surface area (Å²) in [5, 5.41) is 57.8. The van der Waals surface area contributed by atoms with Gasteiger partial charge in [-0.05, 0) is 130 Å². The number of aromatic nitrogens is 1. The fraction of sp³-hybridized carbons (Fsp3) is 0.571. The van der Waals surface area contributed by atoms with Crippen molar-refractivity contribution in [1.82, 2.24) is 63.1 Å². The molecule has 2 aliphatic rings. The second kappa shape index (κ2) is 47.2. The molecule has 3 aromatic rings. The van der Waals surface area contributed by atoms with Crippen LogP contribution >= 0.6 is 35.3 Å². The number of hydrogen-bond acceptors (Lipinski definition) is 22. The van der Waals surface area contributed by atoms with Crippen LogP contribution in [-0.2, 0) is 89.9 Å². The van der Waals surface area contributed by atoms with Gasteiger partial charge in [0.1, 0.15) is 73.2 Å². The Kier molecular flexibility index (Phi) is 38.9. The molecule has 3 heterocycles. The number of nitrogens with one attached hydrogen (secondary N) is 12. The number of aldehydes is 1. The zero-order chi connectivity index (χ0) is 79.2. The summed E-state index contributed by atoms with van der Waals surface area (Å²) in [5.41, 5.74) is 19.4. The van der Waals surface area contributed by atoms with E-state index < -0.39 is 169 Å². The van der Waals surface area contributed by atoms with E-state index in [1.54, 1.807) is 57.6 Å². The van der Waals surface area contributed by atoms with E-state index in [0.717, 1.165) is 36.6 Å². The fourth-order valence-electron chi connectivity index (χ4n) is 11.7. The minimum absolute atomic E-state index is 0.00534. The van der Waals surface area contributed by atoms with Gasteiger partial charge in [-0.15, -0.1) is 0 Å². The van der Waals surface area contributed by atoms with E-state index >= 15 is 4.79 Å². The highest BCUT2D eigenvalue weighted by Crippen LogP contribution is 2.28. The van der Waals surface area contributed by atoms with Crippen molar-refractivity contribution in [2.75, 3.05) is 56.9 Å². The molecule has 38 heteroatoms. The van der Waals surface area contributed by atoms with Crippen molar-refractivity contribution in [3.63, 3.8) is 0 Å². The van der Waals surface area contributed by atoms with Gasteiger partial charge in [-0.25, -0.2) is 0 Å². The van der Waals surface area contributed by atoms with Crippen LogP contribution in [-0.4, -0.2) is 233 Å². The zero-order valence-corrected chi connectivity index (χ0v) is 63.5. The summed E-state index contributed by atoms with van der Waals surface area (Å²) in [7, 11) is 1.65. The molecule has 11 atom stereocenters. The molecule has 108 heavy (non-hydrogen) atoms. The van der Waals surface area contributed by atoms with Crippen molar-refractivity contribution in [3.8, 4) is 5.75 Å². The predicted molar refractivity (Wildman–Crippen MR) is 407 cm³/mol. The quantitative estimate of drug-likeness (QED) is 0.0150. The predicted octanol–water partition coefficient (Wildman–Crippen LogP) is -0.359. The SMILES string of the molecule is CC[C@H](C)[C@H](NC(=O)[C@H](CC(=O)O)NC(=O)[C@H](CCSC)NC(=O)[C@@H]1CCCN1C(=O)[C@@H]1CSCc2cc(CSC[C@H](NC)C(N)=O)cc(c2)OCCCCCCO/N=C/C(=O)N[C@@H](CCCNC(=N)N)C(=O)N1)C(=O)N[C@@H](Cc1c[nH]c2ccccc12)C(=O)N[C@@H](CCC(N)=O)C(=O)N[C@H](C=O)CCC(=O)O. The molecule has 2 bridgehead atoms. The number of primary amides is 2. The lowest BCUT2D eigenvalue weighted by Gasteiger charge is -2.31. The van der Waals surface area contributed by atoms with E-state index in [1.807, 2.05) is 18.2 Å². The molecule has 0 spiro atoms. The normalized spacial score (nSPS) is 18.5. The molecule has 5 rings (SSSR count). The maximum Gasteiger partial charge on any atom is 0.305 e. The molecule has 2 aromatic carbocycles. The number of guanidine groups is 1. The van der Waals surface area contributed by atoms with E-state index in [-0.39, 0.29) is 87.9 Å². The van der Waals surface area contributed by atoms with Crippen molar-refractivity contribution in [2.24, 2.45) is 28.3 Å². The van der Waals surface area contributed by atoms with Crippen molar-refractivity contribution in [1.29, 1.82) is 5.41 Å². The van der Waals surface area contributed by atoms with Gasteiger partial charge < -0.3 is 105 Å². The minimum atomic E-state index is -1.91. The third-order valence-electron chi connectivity index (χ3n) is 17.8. The number of rotatable bonds is 39. The first-order chi connectivity index (χ1) is 51.6. The topological polar surface area (TPSA) is 551 Å². The van der Waals surface area contributed by atoms with Crippen LogP contribution in [0.15, 0.2) is 53.8 Å². The van der Waals surface area contributed by atoms with Crippen LogP contribution in [0.5, 0.6) is 5.75 Å². The number of aromatic amines is 1. The number of thioether (sulfide) groups is 3. The van der Waals surface area contributed by atoms with Gasteiger partial charge >= 0.3 is 11.9 Å². The number of likely N-dealkylation sites (tertiary alicyclic amines) is 1. The van der Waals surface area contributed by atoms with E-state index in [1.165, 1.54) is 40.2 Å². The molecule has 2 aliphatic heterocycles. The number of amides is 11. The Bertz CT molecular complexity index is 3630. The Balaban J connectivity index is 1.42. The van der Waals surface area contributed by atoms with Crippen LogP contribution < -0.4 is 75.1 Å². The minimum Gasteiger partial charge on any atom is -0.494 e. The van der Waals surface area contributed by atoms with Gasteiger partial charge in [-0.1, -0.05) is 49.7 Å². The molecular weight excluding hydrogens is 1460 g/mol. The average Bonchev–Trinajstić information content (AvgIpc) is 1.62. The maximum atomic E-state index is 15.2. The second-order valence-electron chi connectivity index (χ2n) is 26.1. The number of ether oxygens (including phenoxy) is 1. The number of oxime groups is 1. The van der Waals surface area contributed by atoms with Gasteiger partial charge in [0.05, 0.1) is 25.1 Å². The van der Waals surface area contributed by atoms with Crippen LogP contribution in [0.3, 0.4) is 0 Å². The lowest BCUT2D eigenvalue weighted by molar-refractivity contribution is -0.143. The molecule has 35 nitrogen and oxygen atoms in total. The van der Waals surface area contributed by atoms with Gasteiger partial charge in [0.25, 0.3) is 5.91 Å². The smallest absolute Gasteiger partial charge is 0.305 e. The number of nitrogens with zero attached hydrogens (tertiary/aromatic N) is 2. The number of fused-ring (bicyclic) bond motifs is 3. The van der Waals surface area contributed by atoms with Crippen LogP contribution in [0.4, 0.5) is 0 Å². The summed E-state index contributed by atoms with van der Waals surface area (Å²) in [6.45, 7) is 4.02. The van der Waals surface area contributed by atoms with Crippen LogP contribution in [0.1, 0.15) is 127 Å². The lowest BCUT2D eigenvalue weighted by atomic mass is 9.96. The van der Waals surface area contributed by atoms with E-state index in [0.29, 0.717) is 59.5 Å². The number of nitrogens with two attached hydrogens (primary N) is 3. The summed E-state index contributed by atoms with van der Waals surface area (Å²) in [4.78, 5) is 200. The van der Waals surface area contributed by atoms with E-state index in [2.05, 4.69) is 63.3 Å². The zero-order valence-electron chi connectivity index (χ0n) is 61.1. The maximum absolute atomic E-state index is 15.2. The third-order valence-corrected chi connectivity index (χ3v) is 20.6. The fourth-order valence-corrected chi connectivity index (χ4v) is 14.3. The summed E-state index contributed by atoms with van der Waals surface area (Å²) in [6, 6.07) is -1.06. The number of carboxylic acids is 2. The van der Waals surface area contributed by atoms with Gasteiger partial charge in [-0.3, -0.25) is 67.7 Å². The Morgan fingerprint density at radius 3 is 2.19 bits per heavy atom. The van der Waals surface area contributed by atoms with Crippen LogP contribution in [0, 0.1) is 11.3 Å². The first-order valence-electron chi connectivity index (χ1n) is 35.7. The molecule has 0 aliphatic carbocycles. The number of carbonyl (C=O) groups excluding carboxylic acids is 12. The Labute approximate surface area is 638 Å². The average molecular weight is 1570 g/mol. The lowest BCUT2D eigenvalue weighted by Crippen LogP contribution is -2.61. The van der Waals surface area contributed by atoms with Gasteiger partial charge in [0.15, 0.2) is 5.96 Å². The number of hydrogen-bond donors (Lipinski definition) is 17. The van der Waals surface area contributed by atoms with Crippen LogP contribution in [0.25, 0.3) is 10.9 Å². The first-order valence-corrected chi connectivity index (χ1v) is 39.4. The standard InChI is InChI=1S/C70H103N17O18S3/c1-5-40(2)60(68(102)84-51(31-43-33-77-47-15-9-8-14-46(43)47)65(99)81-49(19-20-56(71)89)62(96)79-44(35-88)18-21-58(91)92)86-66(100)52(32-59(93)94)83-64(98)50(22-27-106-4)82-67(101)55-17-13-24-87(55)69(103)54-39-108-37-42-28-41(36-107-38-53(75-3)61(72)95)29-45(30-42)104-25-10-6-7-11-26-105-78-34-57(90)80-48(63(97)85-54)16-12-23-76-70(73)74/h8-9,14-15,28-30,33-35,40,44,48-55,60,75,77H,5-7,10-13,16-27,31-32,36-39H2,1-4H3,(H2,71,89)(H2,72,95)(H,79,96)(H,80,90)(H,81,99)(H,82,101)(H,83,98)(H,84,102)(H,85,97)(H,86,100)(H,91,92)(H,93,94)(H4,73,74,76)/b78-34+/t40-,44-,48-,49-,50-,51-,52-,53-,54-,55-,60-/m0/s1. The molecule has 1 saturated heterocycles. The Morgan fingerprint density at radius 2 is 1.50 bits per heavy atom. The molecule has 11 amide bonds. The van der Waals surface area contributed by atoms with Gasteiger partial charge in [0.2, 0.25) is 59.1 Å². The first kappa shape index (κ1) is 88.9. The van der Waals surface area contributed by atoms with Crippen molar-refractivity contribution in [2.45, 2.75) is 189 Å². The molecule has 594 valence electrons. The Morgan fingerprint density at radius 1 is 0.806 bits per heavy atom. The molecule has 0 saturated carbocycles. The van der Waals surface area contributed by atoms with Crippen LogP contribution in [0.2, 0.25) is 0 Å². The Hall–Kier alpha value is -9.69. The molecule has 1 aromatic heterocycles. The van der Waals surface area contributed by atoms with E-state index in [9.17, 15) is 72.5 Å². The molecule has 1 fully saturated rings. The summed E-state index contributed by atoms with van der Waals surface area (Å²) in [5.74, 6) is -11.5. The van der Waals surface area contributed by atoms with Crippen molar-refractivity contribution in [3.05, 3.63) is 65.4 Å². The number of carboxylic acid groups (broad SMARTS) is 2. The molecule has 0 radical (unpaired) electrons. The highest BCUT2D eigenvalue weighted by molar-refractivity contribution is 7.99. The molecule has 0 unspecified atom stereocenters. The second-order valence-corrected chi connectivity index (χ2v) is 29.2. The number of carbonyl (C=O) groups is 14. The van der Waals surface area contributed by atoms with Gasteiger partial charge in [0, 0.05) is 72.5 Å². The summed E-state index contributed by atoms with van der Waals surface area (Å²) >= 11 is 4.06. The third kappa shape index (κ3) is 30.9.